The zero-order valence-electron chi connectivity index (χ0n) is 16.5. The number of nitrogen functional groups attached to an aromatic ring is 1. The van der Waals surface area contributed by atoms with Crippen molar-refractivity contribution >= 4 is 11.5 Å². The molecule has 6 heteroatoms. The molecule has 2 N–H and O–H groups in total. The molecular formula is C19H38N4O2. The van der Waals surface area contributed by atoms with Crippen LogP contribution >= 0.6 is 0 Å². The summed E-state index contributed by atoms with van der Waals surface area (Å²) >= 11 is 0. The molecule has 1 fully saturated rings. The Labute approximate surface area is 154 Å². The van der Waals surface area contributed by atoms with Crippen LogP contribution in [0.5, 0.6) is 5.88 Å². The first-order valence-corrected chi connectivity index (χ1v) is 9.68. The Morgan fingerprint density at radius 3 is 2.44 bits per heavy atom. The summed E-state index contributed by atoms with van der Waals surface area (Å²) in [6, 6.07) is 3.93. The van der Waals surface area contributed by atoms with Crippen LogP contribution in [-0.4, -0.2) is 62.4 Å². The summed E-state index contributed by atoms with van der Waals surface area (Å²) in [7, 11) is 0. The second kappa shape index (κ2) is 12.8. The van der Waals surface area contributed by atoms with Crippen molar-refractivity contribution in [2.45, 2.75) is 40.5 Å². The second-order valence-corrected chi connectivity index (χ2v) is 5.88. The summed E-state index contributed by atoms with van der Waals surface area (Å²) in [5, 5.41) is 0. The number of nitrogens with zero attached hydrogens (tertiary/aromatic N) is 3. The van der Waals surface area contributed by atoms with E-state index in [2.05, 4.69) is 28.6 Å². The van der Waals surface area contributed by atoms with Crippen molar-refractivity contribution in [3.05, 3.63) is 12.1 Å². The number of hydrogen-bond donors (Lipinski definition) is 1. The van der Waals surface area contributed by atoms with Crippen molar-refractivity contribution in [3.63, 3.8) is 0 Å². The van der Waals surface area contributed by atoms with Crippen molar-refractivity contribution in [1.82, 2.24) is 9.88 Å². The van der Waals surface area contributed by atoms with Gasteiger partial charge in [-0.15, -0.1) is 0 Å². The number of morpholine rings is 1. The van der Waals surface area contributed by atoms with Crippen LogP contribution in [0.4, 0.5) is 11.5 Å². The zero-order chi connectivity index (χ0) is 18.5. The minimum Gasteiger partial charge on any atom is -0.476 e. The molecule has 1 aliphatic rings. The topological polar surface area (TPSA) is 63.8 Å². The second-order valence-electron chi connectivity index (χ2n) is 5.88. The Kier molecular flexibility index (Phi) is 11.0. The van der Waals surface area contributed by atoms with Gasteiger partial charge >= 0.3 is 0 Å². The van der Waals surface area contributed by atoms with E-state index in [-0.39, 0.29) is 1.43 Å². The Morgan fingerprint density at radius 2 is 1.84 bits per heavy atom. The zero-order valence-corrected chi connectivity index (χ0v) is 16.5. The number of rotatable bonds is 9. The fraction of sp³-hybridized carbons (Fsp3) is 0.737. The molecule has 1 saturated heterocycles. The fourth-order valence-electron chi connectivity index (χ4n) is 2.78. The van der Waals surface area contributed by atoms with E-state index in [9.17, 15) is 0 Å². The number of anilines is 2. The van der Waals surface area contributed by atoms with E-state index in [1.807, 2.05) is 26.0 Å². The first-order valence-electron chi connectivity index (χ1n) is 9.68. The summed E-state index contributed by atoms with van der Waals surface area (Å²) in [5.41, 5.74) is 7.06. The van der Waals surface area contributed by atoms with Crippen LogP contribution < -0.4 is 15.4 Å². The molecular weight excluding hydrogens is 316 g/mol. The quantitative estimate of drug-likeness (QED) is 0.734. The van der Waals surface area contributed by atoms with E-state index in [1.165, 1.54) is 0 Å². The van der Waals surface area contributed by atoms with Gasteiger partial charge in [-0.05, 0) is 12.8 Å². The lowest BCUT2D eigenvalue weighted by atomic mass is 10.3. The summed E-state index contributed by atoms with van der Waals surface area (Å²) in [6.07, 6.45) is 2.21. The van der Waals surface area contributed by atoms with Crippen LogP contribution in [0.3, 0.4) is 0 Å². The molecule has 2 rings (SSSR count). The highest BCUT2D eigenvalue weighted by atomic mass is 16.5. The Bertz CT molecular complexity index is 465. The number of ether oxygens (including phenoxy) is 2. The number of hydrogen-bond acceptors (Lipinski definition) is 6. The standard InChI is InChI=1S/C17H30N4O2.C2H6.H2/c1-3-5-21(6-4-2)15-13-16(18)19-17(14-15)23-12-9-20-7-10-22-11-8-20;1-2;/h13-14H,3-12H2,1-2H3,(H2,18,19);1-2H3;1H. The minimum absolute atomic E-state index is 0. The molecule has 146 valence electrons. The SMILES string of the molecule is CC.CCCN(CCC)c1cc(N)nc(OCCN2CCOCC2)c1.[HH]. The largest absolute Gasteiger partial charge is 0.476 e. The van der Waals surface area contributed by atoms with Crippen LogP contribution in [-0.2, 0) is 4.74 Å². The third-order valence-corrected chi connectivity index (χ3v) is 3.92. The van der Waals surface area contributed by atoms with Crippen LogP contribution in [0.1, 0.15) is 42.0 Å². The van der Waals surface area contributed by atoms with Crippen LogP contribution in [0.2, 0.25) is 0 Å². The predicted molar refractivity (Wildman–Crippen MR) is 108 cm³/mol. The first kappa shape index (κ1) is 21.5. The van der Waals surface area contributed by atoms with Gasteiger partial charge < -0.3 is 20.1 Å². The van der Waals surface area contributed by atoms with Gasteiger partial charge in [0.05, 0.1) is 13.2 Å². The lowest BCUT2D eigenvalue weighted by Gasteiger charge is -2.26. The molecule has 1 aromatic rings. The molecule has 0 aromatic carbocycles. The van der Waals surface area contributed by atoms with Gasteiger partial charge in [-0.25, -0.2) is 0 Å². The Balaban J connectivity index is 0.00000201. The molecule has 1 aliphatic heterocycles. The molecule has 0 saturated carbocycles. The minimum atomic E-state index is 0. The fourth-order valence-corrected chi connectivity index (χ4v) is 2.78. The molecule has 0 atom stereocenters. The molecule has 1 aromatic heterocycles. The average molecular weight is 355 g/mol. The van der Waals surface area contributed by atoms with Crippen LogP contribution in [0, 0.1) is 0 Å². The lowest BCUT2D eigenvalue weighted by Crippen LogP contribution is -2.38. The summed E-state index contributed by atoms with van der Waals surface area (Å²) in [6.45, 7) is 15.5. The highest BCUT2D eigenvalue weighted by Gasteiger charge is 2.11. The van der Waals surface area contributed by atoms with E-state index in [0.717, 1.165) is 64.5 Å². The van der Waals surface area contributed by atoms with Crippen molar-refractivity contribution in [2.75, 3.05) is 63.2 Å². The molecule has 0 bridgehead atoms. The lowest BCUT2D eigenvalue weighted by molar-refractivity contribution is 0.0320. The normalized spacial score (nSPS) is 14.6. The molecule has 0 amide bonds. The van der Waals surface area contributed by atoms with E-state index in [4.69, 9.17) is 15.2 Å². The van der Waals surface area contributed by atoms with Gasteiger partial charge in [0.1, 0.15) is 12.4 Å². The highest BCUT2D eigenvalue weighted by molar-refractivity contribution is 5.55. The molecule has 0 aliphatic carbocycles. The summed E-state index contributed by atoms with van der Waals surface area (Å²) < 4.78 is 11.2. The van der Waals surface area contributed by atoms with Crippen molar-refractivity contribution in [1.29, 1.82) is 0 Å². The van der Waals surface area contributed by atoms with Crippen molar-refractivity contribution in [3.8, 4) is 5.88 Å². The van der Waals surface area contributed by atoms with Gasteiger partial charge in [0, 0.05) is 52.0 Å². The number of aromatic nitrogens is 1. The third kappa shape index (κ3) is 7.92. The predicted octanol–water partition coefficient (Wildman–Crippen LogP) is 3.27. The smallest absolute Gasteiger partial charge is 0.217 e. The molecule has 0 unspecified atom stereocenters. The van der Waals surface area contributed by atoms with Gasteiger partial charge in [0.25, 0.3) is 0 Å². The molecule has 0 radical (unpaired) electrons. The van der Waals surface area contributed by atoms with Gasteiger partial charge in [-0.1, -0.05) is 27.7 Å². The van der Waals surface area contributed by atoms with E-state index in [0.29, 0.717) is 18.3 Å². The van der Waals surface area contributed by atoms with Gasteiger partial charge in [-0.3, -0.25) is 4.90 Å². The molecule has 2 heterocycles. The highest BCUT2D eigenvalue weighted by Crippen LogP contribution is 2.23. The van der Waals surface area contributed by atoms with Gasteiger partial charge in [0.2, 0.25) is 5.88 Å². The molecule has 25 heavy (non-hydrogen) atoms. The van der Waals surface area contributed by atoms with Crippen LogP contribution in [0.25, 0.3) is 0 Å². The number of nitrogens with two attached hydrogens (primary N) is 1. The Hall–Kier alpha value is -1.53. The van der Waals surface area contributed by atoms with Crippen molar-refractivity contribution < 1.29 is 10.9 Å². The monoisotopic (exact) mass is 354 g/mol. The molecule has 0 spiro atoms. The third-order valence-electron chi connectivity index (χ3n) is 3.92. The first-order chi connectivity index (χ1) is 12.2. The Morgan fingerprint density at radius 1 is 1.20 bits per heavy atom. The van der Waals surface area contributed by atoms with Crippen LogP contribution in [0.15, 0.2) is 12.1 Å². The van der Waals surface area contributed by atoms with Gasteiger partial charge in [0.15, 0.2) is 0 Å². The van der Waals surface area contributed by atoms with E-state index < -0.39 is 0 Å². The van der Waals surface area contributed by atoms with E-state index in [1.54, 1.807) is 0 Å². The average Bonchev–Trinajstić information content (AvgIpc) is 2.64. The maximum Gasteiger partial charge on any atom is 0.217 e. The summed E-state index contributed by atoms with van der Waals surface area (Å²) in [4.78, 5) is 8.99. The van der Waals surface area contributed by atoms with E-state index >= 15 is 0 Å². The maximum absolute atomic E-state index is 5.96. The number of pyridine rings is 1. The van der Waals surface area contributed by atoms with Crippen molar-refractivity contribution in [2.24, 2.45) is 0 Å². The summed E-state index contributed by atoms with van der Waals surface area (Å²) in [5.74, 6) is 1.13. The van der Waals surface area contributed by atoms with Gasteiger partial charge in [-0.2, -0.15) is 4.98 Å². The molecule has 6 nitrogen and oxygen atoms in total. The maximum atomic E-state index is 5.96.